The zero-order chi connectivity index (χ0) is 25.3. The van der Waals surface area contributed by atoms with Gasteiger partial charge in [-0.2, -0.15) is 0 Å². The second-order valence-electron chi connectivity index (χ2n) is 9.59. The second-order valence-corrected chi connectivity index (χ2v) is 9.59. The van der Waals surface area contributed by atoms with Crippen LogP contribution < -0.4 is 10.1 Å². The normalized spacial score (nSPS) is 20.7. The SMILES string of the molecule is COC(=O)c1ccc2c(c1)nc(Nc1ccc(OC(F)(F)F)cc1)n2[C@@H]1C[C@H](C)CC[C@@H]1C(C)C. The van der Waals surface area contributed by atoms with Crippen molar-refractivity contribution >= 4 is 28.6 Å². The Bertz CT molecular complexity index is 1190. The van der Waals surface area contributed by atoms with Crippen molar-refractivity contribution < 1.29 is 27.4 Å². The van der Waals surface area contributed by atoms with Crippen LogP contribution in [-0.2, 0) is 4.74 Å². The number of nitrogens with one attached hydrogen (secondary N) is 1. The first-order chi connectivity index (χ1) is 16.6. The van der Waals surface area contributed by atoms with E-state index >= 15 is 0 Å². The molecule has 1 aliphatic rings. The summed E-state index contributed by atoms with van der Waals surface area (Å²) in [6.07, 6.45) is -1.49. The number of alkyl halides is 3. The smallest absolute Gasteiger partial charge is 0.465 e. The highest BCUT2D eigenvalue weighted by atomic mass is 19.4. The number of rotatable bonds is 6. The van der Waals surface area contributed by atoms with Crippen molar-refractivity contribution in [2.45, 2.75) is 52.4 Å². The average Bonchev–Trinajstić information content (AvgIpc) is 3.15. The monoisotopic (exact) mass is 489 g/mol. The highest BCUT2D eigenvalue weighted by Crippen LogP contribution is 2.44. The Morgan fingerprint density at radius 2 is 1.86 bits per heavy atom. The average molecular weight is 490 g/mol. The summed E-state index contributed by atoms with van der Waals surface area (Å²) in [5.74, 6) is 1.30. The zero-order valence-electron chi connectivity index (χ0n) is 20.2. The number of hydrogen-bond acceptors (Lipinski definition) is 5. The van der Waals surface area contributed by atoms with Crippen LogP contribution in [0, 0.1) is 17.8 Å². The standard InChI is InChI=1S/C26H30F3N3O3/c1-15(2)20-11-5-16(3)13-23(20)32-22-12-6-17(24(33)34-4)14-21(22)31-25(32)30-18-7-9-19(10-8-18)35-26(27,28)29/h6-10,12,14-16,20,23H,5,11,13H2,1-4H3,(H,30,31)/t16-,20-,23-/m1/s1. The molecule has 0 saturated heterocycles. The van der Waals surface area contributed by atoms with E-state index in [2.05, 4.69) is 35.4 Å². The number of anilines is 2. The lowest BCUT2D eigenvalue weighted by Crippen LogP contribution is -2.30. The number of methoxy groups -OCH3 is 1. The maximum atomic E-state index is 12.5. The van der Waals surface area contributed by atoms with Gasteiger partial charge in [-0.3, -0.25) is 0 Å². The molecule has 3 aromatic rings. The molecule has 1 aliphatic carbocycles. The van der Waals surface area contributed by atoms with Gasteiger partial charge in [0.15, 0.2) is 0 Å². The second kappa shape index (κ2) is 9.79. The van der Waals surface area contributed by atoms with E-state index in [1.165, 1.54) is 37.8 Å². The number of fused-ring (bicyclic) bond motifs is 1. The minimum Gasteiger partial charge on any atom is -0.465 e. The van der Waals surface area contributed by atoms with E-state index in [0.717, 1.165) is 18.4 Å². The molecule has 4 rings (SSSR count). The fraction of sp³-hybridized carbons (Fsp3) is 0.462. The van der Waals surface area contributed by atoms with Crippen LogP contribution in [0.4, 0.5) is 24.8 Å². The fourth-order valence-electron chi connectivity index (χ4n) is 5.09. The lowest BCUT2D eigenvalue weighted by atomic mass is 9.74. The molecule has 1 fully saturated rings. The van der Waals surface area contributed by atoms with Crippen molar-refractivity contribution in [1.29, 1.82) is 0 Å². The van der Waals surface area contributed by atoms with Gasteiger partial charge in [-0.25, -0.2) is 9.78 Å². The number of carbonyl (C=O) groups is 1. The molecule has 1 N–H and O–H groups in total. The molecule has 0 bridgehead atoms. The number of ether oxygens (including phenoxy) is 2. The highest BCUT2D eigenvalue weighted by Gasteiger charge is 2.34. The predicted octanol–water partition coefficient (Wildman–Crippen LogP) is 7.10. The molecule has 9 heteroatoms. The Hall–Kier alpha value is -3.23. The van der Waals surface area contributed by atoms with Crippen LogP contribution in [0.25, 0.3) is 11.0 Å². The summed E-state index contributed by atoms with van der Waals surface area (Å²) >= 11 is 0. The van der Waals surface area contributed by atoms with Gasteiger partial charge >= 0.3 is 12.3 Å². The maximum Gasteiger partial charge on any atom is 0.573 e. The number of imidazole rings is 1. The fourth-order valence-corrected chi connectivity index (χ4v) is 5.09. The van der Waals surface area contributed by atoms with Gasteiger partial charge in [0.1, 0.15) is 5.75 Å². The molecular formula is C26H30F3N3O3. The van der Waals surface area contributed by atoms with Gasteiger partial charge in [0, 0.05) is 11.7 Å². The van der Waals surface area contributed by atoms with Gasteiger partial charge in [0.05, 0.1) is 23.7 Å². The summed E-state index contributed by atoms with van der Waals surface area (Å²) in [4.78, 5) is 16.9. The van der Waals surface area contributed by atoms with E-state index < -0.39 is 12.3 Å². The van der Waals surface area contributed by atoms with Crippen molar-refractivity contribution in [3.05, 3.63) is 48.0 Å². The van der Waals surface area contributed by atoms with Crippen LogP contribution in [0.1, 0.15) is 56.4 Å². The molecule has 188 valence electrons. The first-order valence-corrected chi connectivity index (χ1v) is 11.8. The first kappa shape index (κ1) is 24.9. The van der Waals surface area contributed by atoms with E-state index in [-0.39, 0.29) is 11.8 Å². The molecule has 6 nitrogen and oxygen atoms in total. The van der Waals surface area contributed by atoms with Crippen LogP contribution >= 0.6 is 0 Å². The molecule has 0 amide bonds. The van der Waals surface area contributed by atoms with Crippen molar-refractivity contribution in [1.82, 2.24) is 9.55 Å². The van der Waals surface area contributed by atoms with Crippen molar-refractivity contribution in [3.8, 4) is 5.75 Å². The van der Waals surface area contributed by atoms with Crippen molar-refractivity contribution in [3.63, 3.8) is 0 Å². The minimum atomic E-state index is -4.75. The molecule has 0 spiro atoms. The molecule has 1 heterocycles. The summed E-state index contributed by atoms with van der Waals surface area (Å²) in [6, 6.07) is 11.1. The summed E-state index contributed by atoms with van der Waals surface area (Å²) in [5, 5.41) is 3.29. The van der Waals surface area contributed by atoms with E-state index in [4.69, 9.17) is 9.72 Å². The molecule has 0 unspecified atom stereocenters. The Morgan fingerprint density at radius 3 is 2.49 bits per heavy atom. The van der Waals surface area contributed by atoms with Gasteiger partial charge in [0.25, 0.3) is 0 Å². The van der Waals surface area contributed by atoms with E-state index in [1.807, 2.05) is 6.07 Å². The number of aromatic nitrogens is 2. The van der Waals surface area contributed by atoms with Crippen LogP contribution in [0.3, 0.4) is 0 Å². The topological polar surface area (TPSA) is 65.4 Å². The molecular weight excluding hydrogens is 459 g/mol. The third kappa shape index (κ3) is 5.55. The quantitative estimate of drug-likeness (QED) is 0.374. The number of hydrogen-bond donors (Lipinski definition) is 1. The first-order valence-electron chi connectivity index (χ1n) is 11.8. The zero-order valence-corrected chi connectivity index (χ0v) is 20.2. The summed E-state index contributed by atoms with van der Waals surface area (Å²) in [6.45, 7) is 6.72. The van der Waals surface area contributed by atoms with Crippen LogP contribution in [-0.4, -0.2) is 29.0 Å². The molecule has 1 saturated carbocycles. The highest BCUT2D eigenvalue weighted by molar-refractivity contribution is 5.94. The number of halogens is 3. The largest absolute Gasteiger partial charge is 0.573 e. The predicted molar refractivity (Wildman–Crippen MR) is 128 cm³/mol. The van der Waals surface area contributed by atoms with E-state index in [0.29, 0.717) is 40.5 Å². The van der Waals surface area contributed by atoms with Crippen LogP contribution in [0.5, 0.6) is 5.75 Å². The van der Waals surface area contributed by atoms with Gasteiger partial charge in [-0.1, -0.05) is 27.2 Å². The number of benzene rings is 2. The summed E-state index contributed by atoms with van der Waals surface area (Å²) < 4.78 is 48.6. The molecule has 2 aromatic carbocycles. The van der Waals surface area contributed by atoms with E-state index in [1.54, 1.807) is 12.1 Å². The van der Waals surface area contributed by atoms with Gasteiger partial charge in [0.2, 0.25) is 5.95 Å². The van der Waals surface area contributed by atoms with Crippen LogP contribution in [0.2, 0.25) is 0 Å². The van der Waals surface area contributed by atoms with Crippen molar-refractivity contribution in [2.24, 2.45) is 17.8 Å². The lowest BCUT2D eigenvalue weighted by molar-refractivity contribution is -0.274. The molecule has 0 radical (unpaired) electrons. The Kier molecular flexibility index (Phi) is 6.96. The Morgan fingerprint density at radius 1 is 1.14 bits per heavy atom. The maximum absolute atomic E-state index is 12.5. The number of nitrogens with zero attached hydrogens (tertiary/aromatic N) is 2. The molecule has 35 heavy (non-hydrogen) atoms. The molecule has 0 aliphatic heterocycles. The van der Waals surface area contributed by atoms with Gasteiger partial charge in [-0.15, -0.1) is 13.2 Å². The Balaban J connectivity index is 1.77. The molecule has 3 atom stereocenters. The number of carbonyl (C=O) groups excluding carboxylic acids is 1. The van der Waals surface area contributed by atoms with E-state index in [9.17, 15) is 18.0 Å². The third-order valence-electron chi connectivity index (χ3n) is 6.77. The van der Waals surface area contributed by atoms with Gasteiger partial charge in [-0.05, 0) is 73.1 Å². The minimum absolute atomic E-state index is 0.183. The van der Waals surface area contributed by atoms with Crippen LogP contribution in [0.15, 0.2) is 42.5 Å². The lowest BCUT2D eigenvalue weighted by Gasteiger charge is -2.39. The number of esters is 1. The van der Waals surface area contributed by atoms with Gasteiger partial charge < -0.3 is 19.4 Å². The third-order valence-corrected chi connectivity index (χ3v) is 6.77. The summed E-state index contributed by atoms with van der Waals surface area (Å²) in [7, 11) is 1.33. The van der Waals surface area contributed by atoms with Crippen molar-refractivity contribution in [2.75, 3.05) is 12.4 Å². The Labute approximate surface area is 202 Å². The summed E-state index contributed by atoms with van der Waals surface area (Å²) in [5.41, 5.74) is 2.52. The molecule has 1 aromatic heterocycles.